The van der Waals surface area contributed by atoms with Crippen molar-refractivity contribution in [2.45, 2.75) is 40.0 Å². The van der Waals surface area contributed by atoms with Gasteiger partial charge in [0.25, 0.3) is 0 Å². The Balaban J connectivity index is 2.29. The average Bonchev–Trinajstić information content (AvgIpc) is 2.45. The van der Waals surface area contributed by atoms with Crippen molar-refractivity contribution >= 4 is 5.69 Å². The molecule has 1 aromatic rings. The van der Waals surface area contributed by atoms with Crippen molar-refractivity contribution in [2.24, 2.45) is 5.92 Å². The van der Waals surface area contributed by atoms with E-state index in [-0.39, 0.29) is 0 Å². The van der Waals surface area contributed by atoms with Gasteiger partial charge in [0.15, 0.2) is 0 Å². The Kier molecular flexibility index (Phi) is 7.51. The number of aryl methyl sites for hydroxylation is 1. The first-order valence-electron chi connectivity index (χ1n) is 7.99. The van der Waals surface area contributed by atoms with Crippen LogP contribution in [0, 0.1) is 5.92 Å². The van der Waals surface area contributed by atoms with Crippen molar-refractivity contribution in [2.75, 3.05) is 11.9 Å². The smallest absolute Gasteiger partial charge is 0.0381 e. The fourth-order valence-corrected chi connectivity index (χ4v) is 2.07. The summed E-state index contributed by atoms with van der Waals surface area (Å²) in [6.45, 7) is 19.3. The first-order valence-corrected chi connectivity index (χ1v) is 7.99. The molecule has 0 atom stereocenters. The maximum Gasteiger partial charge on any atom is 0.0381 e. The van der Waals surface area contributed by atoms with Crippen molar-refractivity contribution in [3.8, 4) is 0 Å². The van der Waals surface area contributed by atoms with E-state index < -0.39 is 0 Å². The Morgan fingerprint density at radius 1 is 1.05 bits per heavy atom. The van der Waals surface area contributed by atoms with E-state index in [0.717, 1.165) is 42.9 Å². The maximum atomic E-state index is 4.10. The lowest BCUT2D eigenvalue weighted by atomic mass is 10.0. The molecule has 0 fully saturated rings. The molecule has 0 spiro atoms. The Hall–Kier alpha value is -1.96. The van der Waals surface area contributed by atoms with Crippen LogP contribution in [0.3, 0.4) is 0 Å². The molecule has 1 aromatic carbocycles. The van der Waals surface area contributed by atoms with Crippen molar-refractivity contribution in [1.82, 2.24) is 5.32 Å². The standard InChI is InChI=1S/C20H30N2/c1-15(2)17(5)13-14-21-18(6)7-8-19-9-11-20(12-10-19)22-16(3)4/h9-12,15,21-22H,3,5-8,13-14H2,1-2,4H3. The quantitative estimate of drug-likeness (QED) is 0.575. The number of nitrogens with one attached hydrogen (secondary N) is 2. The number of hydrogen-bond acceptors (Lipinski definition) is 2. The SMILES string of the molecule is C=C(C)Nc1ccc(CCC(=C)NCCC(=C)C(C)C)cc1. The minimum Gasteiger partial charge on any atom is -0.388 e. The number of benzene rings is 1. The second-order valence-corrected chi connectivity index (χ2v) is 6.20. The van der Waals surface area contributed by atoms with Gasteiger partial charge in [0.2, 0.25) is 0 Å². The Morgan fingerprint density at radius 3 is 2.23 bits per heavy atom. The van der Waals surface area contributed by atoms with Crippen molar-refractivity contribution in [3.63, 3.8) is 0 Å². The molecule has 0 radical (unpaired) electrons. The first-order chi connectivity index (χ1) is 10.4. The van der Waals surface area contributed by atoms with Crippen LogP contribution in [0.25, 0.3) is 0 Å². The summed E-state index contributed by atoms with van der Waals surface area (Å²) in [5.41, 5.74) is 5.75. The Labute approximate surface area is 136 Å². The van der Waals surface area contributed by atoms with Crippen LogP contribution >= 0.6 is 0 Å². The summed E-state index contributed by atoms with van der Waals surface area (Å²) in [5.74, 6) is 0.557. The van der Waals surface area contributed by atoms with Gasteiger partial charge < -0.3 is 10.6 Å². The van der Waals surface area contributed by atoms with Gasteiger partial charge in [-0.05, 0) is 49.8 Å². The highest BCUT2D eigenvalue weighted by Crippen LogP contribution is 2.14. The van der Waals surface area contributed by atoms with Crippen molar-refractivity contribution in [1.29, 1.82) is 0 Å². The third kappa shape index (κ3) is 7.16. The van der Waals surface area contributed by atoms with Crippen LogP contribution in [0.15, 0.2) is 61.0 Å². The van der Waals surface area contributed by atoms with Crippen LogP contribution in [0.2, 0.25) is 0 Å². The summed E-state index contributed by atoms with van der Waals surface area (Å²) < 4.78 is 0. The number of anilines is 1. The molecule has 120 valence electrons. The zero-order valence-electron chi connectivity index (χ0n) is 14.3. The highest BCUT2D eigenvalue weighted by Gasteiger charge is 2.01. The second-order valence-electron chi connectivity index (χ2n) is 6.20. The van der Waals surface area contributed by atoms with E-state index in [1.54, 1.807) is 0 Å². The van der Waals surface area contributed by atoms with Gasteiger partial charge in [-0.3, -0.25) is 0 Å². The second kappa shape index (κ2) is 9.14. The van der Waals surface area contributed by atoms with Crippen LogP contribution in [0.4, 0.5) is 5.69 Å². The number of hydrogen-bond donors (Lipinski definition) is 2. The Morgan fingerprint density at radius 2 is 1.68 bits per heavy atom. The number of rotatable bonds is 10. The molecule has 2 nitrogen and oxygen atoms in total. The topological polar surface area (TPSA) is 24.1 Å². The minimum atomic E-state index is 0.557. The molecule has 0 saturated carbocycles. The van der Waals surface area contributed by atoms with Crippen LogP contribution in [-0.4, -0.2) is 6.54 Å². The van der Waals surface area contributed by atoms with E-state index in [9.17, 15) is 0 Å². The Bertz CT molecular complexity index is 509. The summed E-state index contributed by atoms with van der Waals surface area (Å²) in [6, 6.07) is 8.48. The lowest BCUT2D eigenvalue weighted by Crippen LogP contribution is -2.15. The molecule has 2 heteroatoms. The molecule has 2 N–H and O–H groups in total. The number of allylic oxidation sites excluding steroid dienone is 2. The van der Waals surface area contributed by atoms with Crippen molar-refractivity contribution in [3.05, 3.63) is 66.5 Å². The van der Waals surface area contributed by atoms with E-state index in [1.807, 2.05) is 6.92 Å². The molecular weight excluding hydrogens is 268 g/mol. The van der Waals surface area contributed by atoms with Gasteiger partial charge in [0.1, 0.15) is 0 Å². The van der Waals surface area contributed by atoms with Gasteiger partial charge in [-0.2, -0.15) is 0 Å². The molecule has 0 aliphatic carbocycles. The van der Waals surface area contributed by atoms with Crippen LogP contribution < -0.4 is 10.6 Å². The molecule has 0 unspecified atom stereocenters. The van der Waals surface area contributed by atoms with E-state index in [0.29, 0.717) is 5.92 Å². The summed E-state index contributed by atoms with van der Waals surface area (Å²) >= 11 is 0. The van der Waals surface area contributed by atoms with Gasteiger partial charge in [0, 0.05) is 23.6 Å². The largest absolute Gasteiger partial charge is 0.388 e. The highest BCUT2D eigenvalue weighted by molar-refractivity contribution is 5.48. The first kappa shape index (κ1) is 18.1. The molecule has 0 bridgehead atoms. The van der Waals surface area contributed by atoms with E-state index >= 15 is 0 Å². The molecule has 1 rings (SSSR count). The molecular formula is C20H30N2. The summed E-state index contributed by atoms with van der Waals surface area (Å²) in [4.78, 5) is 0. The van der Waals surface area contributed by atoms with Gasteiger partial charge >= 0.3 is 0 Å². The van der Waals surface area contributed by atoms with E-state index in [2.05, 4.69) is 68.5 Å². The monoisotopic (exact) mass is 298 g/mol. The normalized spacial score (nSPS) is 10.4. The van der Waals surface area contributed by atoms with Crippen molar-refractivity contribution < 1.29 is 0 Å². The third-order valence-electron chi connectivity index (χ3n) is 3.66. The molecule has 0 aliphatic rings. The molecule has 22 heavy (non-hydrogen) atoms. The van der Waals surface area contributed by atoms with Gasteiger partial charge in [-0.25, -0.2) is 0 Å². The molecule has 0 heterocycles. The van der Waals surface area contributed by atoms with Gasteiger partial charge in [-0.15, -0.1) is 0 Å². The van der Waals surface area contributed by atoms with Gasteiger partial charge in [-0.1, -0.05) is 51.3 Å². The molecule has 0 saturated heterocycles. The molecule has 0 amide bonds. The lowest BCUT2D eigenvalue weighted by Gasteiger charge is -2.13. The average molecular weight is 298 g/mol. The van der Waals surface area contributed by atoms with E-state index in [1.165, 1.54) is 11.1 Å². The zero-order valence-corrected chi connectivity index (χ0v) is 14.3. The molecule has 0 aliphatic heterocycles. The van der Waals surface area contributed by atoms with Gasteiger partial charge in [0.05, 0.1) is 0 Å². The van der Waals surface area contributed by atoms with Crippen LogP contribution in [-0.2, 0) is 6.42 Å². The zero-order chi connectivity index (χ0) is 16.5. The van der Waals surface area contributed by atoms with Crippen LogP contribution in [0.5, 0.6) is 0 Å². The summed E-state index contributed by atoms with van der Waals surface area (Å²) in [6.07, 6.45) is 2.98. The minimum absolute atomic E-state index is 0.557. The highest BCUT2D eigenvalue weighted by atomic mass is 14.9. The van der Waals surface area contributed by atoms with Crippen LogP contribution in [0.1, 0.15) is 39.2 Å². The predicted octanol–water partition coefficient (Wildman–Crippen LogP) is 5.27. The maximum absolute atomic E-state index is 4.10. The fraction of sp³-hybridized carbons (Fsp3) is 0.400. The predicted molar refractivity (Wildman–Crippen MR) is 98.9 cm³/mol. The summed E-state index contributed by atoms with van der Waals surface area (Å²) in [7, 11) is 0. The van der Waals surface area contributed by atoms with E-state index in [4.69, 9.17) is 0 Å². The lowest BCUT2D eigenvalue weighted by molar-refractivity contribution is 0.671. The fourth-order valence-electron chi connectivity index (χ4n) is 2.07. The third-order valence-corrected chi connectivity index (χ3v) is 3.66. The summed E-state index contributed by atoms with van der Waals surface area (Å²) in [5, 5.41) is 6.61. The molecule has 0 aromatic heterocycles.